The lowest BCUT2D eigenvalue weighted by Crippen LogP contribution is -2.42. The van der Waals surface area contributed by atoms with Gasteiger partial charge in [0.1, 0.15) is 0 Å². The van der Waals surface area contributed by atoms with Gasteiger partial charge >= 0.3 is 6.03 Å². The average Bonchev–Trinajstić information content (AvgIpc) is 3.29. The highest BCUT2D eigenvalue weighted by atomic mass is 32.1. The molecule has 2 aromatic rings. The van der Waals surface area contributed by atoms with Crippen molar-refractivity contribution in [2.24, 2.45) is 5.92 Å². The number of fused-ring (bicyclic) bond motifs is 1. The number of nitrogens with zero attached hydrogens (tertiary/aromatic N) is 1. The molecule has 2 amide bonds. The number of aliphatic hydroxyl groups is 1. The first-order chi connectivity index (χ1) is 10.6. The van der Waals surface area contributed by atoms with Crippen LogP contribution in [0.15, 0.2) is 29.6 Å². The minimum Gasteiger partial charge on any atom is -0.391 e. The number of hydrogen-bond donors (Lipinski definition) is 2. The molecule has 0 saturated heterocycles. The highest BCUT2D eigenvalue weighted by Crippen LogP contribution is 2.32. The van der Waals surface area contributed by atoms with Crippen LogP contribution in [0.4, 0.5) is 4.79 Å². The van der Waals surface area contributed by atoms with Crippen molar-refractivity contribution in [3.63, 3.8) is 0 Å². The molecule has 3 rings (SSSR count). The molecule has 1 aliphatic rings. The van der Waals surface area contributed by atoms with Crippen LogP contribution < -0.4 is 5.32 Å². The fourth-order valence-electron chi connectivity index (χ4n) is 2.66. The van der Waals surface area contributed by atoms with Gasteiger partial charge in [0.15, 0.2) is 0 Å². The van der Waals surface area contributed by atoms with Gasteiger partial charge in [-0.15, -0.1) is 11.3 Å². The van der Waals surface area contributed by atoms with E-state index in [-0.39, 0.29) is 12.1 Å². The van der Waals surface area contributed by atoms with Crippen LogP contribution in [0.5, 0.6) is 0 Å². The molecule has 1 fully saturated rings. The fourth-order valence-corrected chi connectivity index (χ4v) is 3.66. The lowest BCUT2D eigenvalue weighted by atomic mass is 10.1. The summed E-state index contributed by atoms with van der Waals surface area (Å²) in [4.78, 5) is 13.6. The molecule has 1 aromatic carbocycles. The Morgan fingerprint density at radius 3 is 3.00 bits per heavy atom. The predicted molar refractivity (Wildman–Crippen MR) is 90.3 cm³/mol. The van der Waals surface area contributed by atoms with Gasteiger partial charge in [-0.25, -0.2) is 4.79 Å². The summed E-state index contributed by atoms with van der Waals surface area (Å²) in [5.74, 6) is 0.396. The van der Waals surface area contributed by atoms with E-state index < -0.39 is 0 Å². The minimum absolute atomic E-state index is 0.112. The number of amides is 2. The molecular weight excluding hydrogens is 296 g/mol. The normalized spacial score (nSPS) is 15.7. The monoisotopic (exact) mass is 318 g/mol. The topological polar surface area (TPSA) is 52.6 Å². The molecule has 1 saturated carbocycles. The van der Waals surface area contributed by atoms with Crippen molar-refractivity contribution in [3.05, 3.63) is 35.2 Å². The van der Waals surface area contributed by atoms with Crippen molar-refractivity contribution in [2.75, 3.05) is 20.1 Å². The summed E-state index contributed by atoms with van der Waals surface area (Å²) >= 11 is 1.74. The molecule has 22 heavy (non-hydrogen) atoms. The summed E-state index contributed by atoms with van der Waals surface area (Å²) in [6.45, 7) is 1.03. The average molecular weight is 318 g/mol. The van der Waals surface area contributed by atoms with E-state index in [2.05, 4.69) is 22.8 Å². The molecule has 0 aliphatic heterocycles. The number of benzene rings is 1. The number of carbonyl (C=O) groups is 1. The second kappa shape index (κ2) is 6.67. The molecule has 0 radical (unpaired) electrons. The smallest absolute Gasteiger partial charge is 0.317 e. The number of nitrogens with one attached hydrogen (secondary N) is 1. The van der Waals surface area contributed by atoms with Crippen molar-refractivity contribution in [3.8, 4) is 0 Å². The number of thiophene rings is 1. The van der Waals surface area contributed by atoms with Crippen LogP contribution in [0.3, 0.4) is 0 Å². The Kier molecular flexibility index (Phi) is 4.64. The van der Waals surface area contributed by atoms with Crippen molar-refractivity contribution >= 4 is 27.5 Å². The maximum absolute atomic E-state index is 12.0. The third-order valence-corrected chi connectivity index (χ3v) is 5.22. The second-order valence-corrected chi connectivity index (χ2v) is 6.94. The van der Waals surface area contributed by atoms with E-state index >= 15 is 0 Å². The molecule has 2 N–H and O–H groups in total. The number of aliphatic hydroxyl groups excluding tert-OH is 1. The van der Waals surface area contributed by atoms with Crippen LogP contribution in [0.1, 0.15) is 18.4 Å². The van der Waals surface area contributed by atoms with E-state index in [1.54, 1.807) is 23.3 Å². The van der Waals surface area contributed by atoms with E-state index in [1.807, 2.05) is 12.1 Å². The van der Waals surface area contributed by atoms with Crippen LogP contribution in [0.25, 0.3) is 10.1 Å². The molecule has 1 aromatic heterocycles. The summed E-state index contributed by atoms with van der Waals surface area (Å²) in [7, 11) is 1.74. The first-order valence-corrected chi connectivity index (χ1v) is 8.65. The molecule has 4 nitrogen and oxygen atoms in total. The Bertz CT molecular complexity index is 651. The SMILES string of the molecule is CN(CC(O)C1CC1)C(=O)NCCc1csc2ccccc12. The summed E-state index contributed by atoms with van der Waals surface area (Å²) in [6, 6.07) is 8.23. The van der Waals surface area contributed by atoms with Gasteiger partial charge in [0, 0.05) is 24.8 Å². The van der Waals surface area contributed by atoms with Crippen molar-refractivity contribution in [1.82, 2.24) is 10.2 Å². The quantitative estimate of drug-likeness (QED) is 0.860. The lowest BCUT2D eigenvalue weighted by Gasteiger charge is -2.21. The van der Waals surface area contributed by atoms with Crippen molar-refractivity contribution < 1.29 is 9.90 Å². The second-order valence-electron chi connectivity index (χ2n) is 6.02. The van der Waals surface area contributed by atoms with Gasteiger partial charge in [-0.1, -0.05) is 18.2 Å². The molecule has 118 valence electrons. The molecule has 1 atom stereocenters. The highest BCUT2D eigenvalue weighted by molar-refractivity contribution is 7.17. The van der Waals surface area contributed by atoms with E-state index in [9.17, 15) is 9.90 Å². The summed E-state index contributed by atoms with van der Waals surface area (Å²) in [5, 5.41) is 16.3. The Morgan fingerprint density at radius 2 is 2.23 bits per heavy atom. The molecule has 1 aliphatic carbocycles. The first-order valence-electron chi connectivity index (χ1n) is 7.77. The Morgan fingerprint density at radius 1 is 1.45 bits per heavy atom. The van der Waals surface area contributed by atoms with Crippen LogP contribution in [0, 0.1) is 5.92 Å². The number of hydrogen-bond acceptors (Lipinski definition) is 3. The van der Waals surface area contributed by atoms with Crippen LogP contribution >= 0.6 is 11.3 Å². The molecule has 5 heteroatoms. The standard InChI is InChI=1S/C17H22N2O2S/c1-19(10-15(20)12-6-7-12)17(21)18-9-8-13-11-22-16-5-3-2-4-14(13)16/h2-5,11-12,15,20H,6-10H2,1H3,(H,18,21). The molecule has 1 heterocycles. The maximum Gasteiger partial charge on any atom is 0.317 e. The molecule has 1 unspecified atom stereocenters. The van der Waals surface area contributed by atoms with Crippen molar-refractivity contribution in [2.45, 2.75) is 25.4 Å². The third kappa shape index (κ3) is 3.59. The van der Waals surface area contributed by atoms with Gasteiger partial charge in [0.25, 0.3) is 0 Å². The van der Waals surface area contributed by atoms with Gasteiger partial charge in [-0.05, 0) is 47.6 Å². The van der Waals surface area contributed by atoms with Gasteiger partial charge in [0.05, 0.1) is 6.10 Å². The summed E-state index contributed by atoms with van der Waals surface area (Å²) < 4.78 is 1.29. The van der Waals surface area contributed by atoms with Gasteiger partial charge in [-0.2, -0.15) is 0 Å². The summed E-state index contributed by atoms with van der Waals surface area (Å²) in [5.41, 5.74) is 1.28. The fraction of sp³-hybridized carbons (Fsp3) is 0.471. The van der Waals surface area contributed by atoms with Crippen LogP contribution in [-0.2, 0) is 6.42 Å². The first kappa shape index (κ1) is 15.3. The van der Waals surface area contributed by atoms with Crippen LogP contribution in [0.2, 0.25) is 0 Å². The third-order valence-electron chi connectivity index (χ3n) is 4.21. The van der Waals surface area contributed by atoms with E-state index in [1.165, 1.54) is 15.6 Å². The van der Waals surface area contributed by atoms with Gasteiger partial charge in [0.2, 0.25) is 0 Å². The zero-order valence-electron chi connectivity index (χ0n) is 12.8. The maximum atomic E-state index is 12.0. The molecular formula is C17H22N2O2S. The predicted octanol–water partition coefficient (Wildman–Crippen LogP) is 2.86. The zero-order chi connectivity index (χ0) is 15.5. The number of rotatable bonds is 6. The van der Waals surface area contributed by atoms with E-state index in [0.29, 0.717) is 19.0 Å². The number of likely N-dealkylation sites (N-methyl/N-ethyl adjacent to an activating group) is 1. The Hall–Kier alpha value is -1.59. The van der Waals surface area contributed by atoms with Gasteiger partial charge in [-0.3, -0.25) is 0 Å². The zero-order valence-corrected chi connectivity index (χ0v) is 13.6. The Labute approximate surface area is 134 Å². The summed E-state index contributed by atoms with van der Waals surface area (Å²) in [6.07, 6.45) is 2.62. The lowest BCUT2D eigenvalue weighted by molar-refractivity contribution is 0.113. The number of urea groups is 1. The number of carbonyl (C=O) groups excluding carboxylic acids is 1. The van der Waals surface area contributed by atoms with Crippen molar-refractivity contribution in [1.29, 1.82) is 0 Å². The van der Waals surface area contributed by atoms with Crippen LogP contribution in [-0.4, -0.2) is 42.3 Å². The Balaban J connectivity index is 1.46. The van der Waals surface area contributed by atoms with Gasteiger partial charge < -0.3 is 15.3 Å². The highest BCUT2D eigenvalue weighted by Gasteiger charge is 2.31. The molecule has 0 spiro atoms. The largest absolute Gasteiger partial charge is 0.391 e. The van der Waals surface area contributed by atoms with E-state index in [0.717, 1.165) is 19.3 Å². The molecule has 0 bridgehead atoms. The van der Waals surface area contributed by atoms with E-state index in [4.69, 9.17) is 0 Å². The minimum atomic E-state index is -0.378.